The summed E-state index contributed by atoms with van der Waals surface area (Å²) in [5.74, 6) is 1.72. The fourth-order valence-corrected chi connectivity index (χ4v) is 3.38. The van der Waals surface area contributed by atoms with Crippen LogP contribution in [0, 0.1) is 12.8 Å². The molecule has 5 heteroatoms. The number of allylic oxidation sites excluding steroid dienone is 3. The lowest BCUT2D eigenvalue weighted by molar-refractivity contribution is -0.109. The summed E-state index contributed by atoms with van der Waals surface area (Å²) < 4.78 is 5.27. The van der Waals surface area contributed by atoms with Gasteiger partial charge in [-0.3, -0.25) is 0 Å². The van der Waals surface area contributed by atoms with Gasteiger partial charge in [-0.15, -0.1) is 0 Å². The van der Waals surface area contributed by atoms with E-state index in [4.69, 9.17) is 4.74 Å². The molecule has 1 N–H and O–H groups in total. The zero-order valence-corrected chi connectivity index (χ0v) is 19.5. The summed E-state index contributed by atoms with van der Waals surface area (Å²) in [5.41, 5.74) is 2.47. The molecule has 1 aliphatic carbocycles. The van der Waals surface area contributed by atoms with Crippen LogP contribution in [0.2, 0.25) is 0 Å². The minimum Gasteiger partial charge on any atom is -0.493 e. The van der Waals surface area contributed by atoms with Crippen LogP contribution in [0.4, 0.5) is 5.69 Å². The number of nitrogens with one attached hydrogen (secondary N) is 1. The maximum Gasteiger partial charge on any atom is 0.123 e. The number of likely N-dealkylation sites (tertiary alicyclic amines) is 1. The number of aryl methyl sites for hydroxylation is 1. The first-order valence-corrected chi connectivity index (χ1v) is 11.4. The molecular formula is C26H40N2O3. The van der Waals surface area contributed by atoms with E-state index < -0.39 is 0 Å². The van der Waals surface area contributed by atoms with Crippen LogP contribution in [0.25, 0.3) is 0 Å². The van der Waals surface area contributed by atoms with Crippen LogP contribution in [0.5, 0.6) is 0 Å². The second kappa shape index (κ2) is 17.3. The van der Waals surface area contributed by atoms with Gasteiger partial charge in [-0.05, 0) is 94.9 Å². The van der Waals surface area contributed by atoms with Crippen molar-refractivity contribution >= 4 is 18.3 Å². The predicted molar refractivity (Wildman–Crippen MR) is 129 cm³/mol. The summed E-state index contributed by atoms with van der Waals surface area (Å²) in [6, 6.07) is 8.29. The van der Waals surface area contributed by atoms with Crippen molar-refractivity contribution in [1.82, 2.24) is 4.90 Å². The molecule has 2 aliphatic rings. The fourth-order valence-electron chi connectivity index (χ4n) is 3.38. The second-order valence-corrected chi connectivity index (χ2v) is 8.00. The van der Waals surface area contributed by atoms with Gasteiger partial charge in [0.1, 0.15) is 18.3 Å². The SMILES string of the molecule is CN1CCC(CCC=O)CC1.CNc1cccc(C)c1.O=CCCOC1=CCCC=C1. The van der Waals surface area contributed by atoms with Crippen molar-refractivity contribution < 1.29 is 14.3 Å². The number of aldehydes is 2. The van der Waals surface area contributed by atoms with Gasteiger partial charge in [0.2, 0.25) is 0 Å². The van der Waals surface area contributed by atoms with Crippen LogP contribution in [-0.2, 0) is 14.3 Å². The van der Waals surface area contributed by atoms with E-state index in [0.29, 0.717) is 13.0 Å². The molecule has 1 fully saturated rings. The van der Waals surface area contributed by atoms with E-state index in [2.05, 4.69) is 42.4 Å². The Hall–Kier alpha value is -2.40. The first-order chi connectivity index (χ1) is 15.1. The minimum absolute atomic E-state index is 0.477. The maximum absolute atomic E-state index is 10.1. The number of piperidine rings is 1. The Labute approximate surface area is 188 Å². The van der Waals surface area contributed by atoms with Crippen LogP contribution in [-0.4, -0.2) is 51.3 Å². The van der Waals surface area contributed by atoms with Crippen molar-refractivity contribution in [2.24, 2.45) is 5.92 Å². The quantitative estimate of drug-likeness (QED) is 0.457. The van der Waals surface area contributed by atoms with E-state index >= 15 is 0 Å². The first kappa shape index (κ1) is 26.6. The molecule has 0 bridgehead atoms. The molecule has 1 aromatic rings. The van der Waals surface area contributed by atoms with Crippen molar-refractivity contribution in [3.63, 3.8) is 0 Å². The van der Waals surface area contributed by atoms with Crippen LogP contribution in [0.3, 0.4) is 0 Å². The normalized spacial score (nSPS) is 16.0. The molecule has 172 valence electrons. The number of ether oxygens (including phenoxy) is 1. The molecule has 1 aliphatic heterocycles. The molecule has 1 aromatic carbocycles. The molecule has 1 heterocycles. The number of carbonyl (C=O) groups excluding carboxylic acids is 2. The van der Waals surface area contributed by atoms with Gasteiger partial charge in [0.25, 0.3) is 0 Å². The number of anilines is 1. The molecule has 0 atom stereocenters. The Morgan fingerprint density at radius 3 is 2.42 bits per heavy atom. The lowest BCUT2D eigenvalue weighted by Crippen LogP contribution is -2.30. The highest BCUT2D eigenvalue weighted by atomic mass is 16.5. The van der Waals surface area contributed by atoms with Crippen molar-refractivity contribution in [2.45, 2.75) is 51.9 Å². The number of benzene rings is 1. The van der Waals surface area contributed by atoms with Gasteiger partial charge in [0.15, 0.2) is 0 Å². The van der Waals surface area contributed by atoms with Crippen LogP contribution < -0.4 is 5.32 Å². The Morgan fingerprint density at radius 2 is 1.87 bits per heavy atom. The van der Waals surface area contributed by atoms with Crippen LogP contribution >= 0.6 is 0 Å². The number of hydrogen-bond acceptors (Lipinski definition) is 5. The van der Waals surface area contributed by atoms with Crippen molar-refractivity contribution in [2.75, 3.05) is 39.1 Å². The van der Waals surface area contributed by atoms with E-state index in [1.165, 1.54) is 37.2 Å². The number of carbonyl (C=O) groups is 2. The maximum atomic E-state index is 10.1. The average molecular weight is 429 g/mol. The lowest BCUT2D eigenvalue weighted by Gasteiger charge is -2.28. The van der Waals surface area contributed by atoms with Crippen LogP contribution in [0.1, 0.15) is 50.5 Å². The lowest BCUT2D eigenvalue weighted by atomic mass is 9.93. The van der Waals surface area contributed by atoms with Gasteiger partial charge >= 0.3 is 0 Å². The Bertz CT molecular complexity index is 677. The monoisotopic (exact) mass is 428 g/mol. The van der Waals surface area contributed by atoms with Gasteiger partial charge in [-0.25, -0.2) is 0 Å². The number of hydrogen-bond donors (Lipinski definition) is 1. The third-order valence-electron chi connectivity index (χ3n) is 5.30. The van der Waals surface area contributed by atoms with Gasteiger partial charge < -0.3 is 24.5 Å². The van der Waals surface area contributed by atoms with Crippen molar-refractivity contribution in [1.29, 1.82) is 0 Å². The minimum atomic E-state index is 0.477. The highest BCUT2D eigenvalue weighted by Crippen LogP contribution is 2.20. The van der Waals surface area contributed by atoms with Gasteiger partial charge in [-0.2, -0.15) is 0 Å². The third-order valence-corrected chi connectivity index (χ3v) is 5.30. The molecular weight excluding hydrogens is 388 g/mol. The van der Waals surface area contributed by atoms with E-state index in [1.807, 2.05) is 31.3 Å². The highest BCUT2D eigenvalue weighted by molar-refractivity contribution is 5.49. The van der Waals surface area contributed by atoms with Gasteiger partial charge in [0.05, 0.1) is 6.61 Å². The van der Waals surface area contributed by atoms with Crippen molar-refractivity contribution in [3.8, 4) is 0 Å². The predicted octanol–water partition coefficient (Wildman–Crippen LogP) is 5.17. The van der Waals surface area contributed by atoms with E-state index in [9.17, 15) is 9.59 Å². The third kappa shape index (κ3) is 13.5. The molecule has 0 amide bonds. The number of nitrogens with zero attached hydrogens (tertiary/aromatic N) is 1. The van der Waals surface area contributed by atoms with Gasteiger partial charge in [0, 0.05) is 25.6 Å². The zero-order valence-electron chi connectivity index (χ0n) is 19.5. The van der Waals surface area contributed by atoms with Crippen LogP contribution in [0.15, 0.2) is 48.3 Å². The van der Waals surface area contributed by atoms with Gasteiger partial charge in [-0.1, -0.05) is 18.2 Å². The first-order valence-electron chi connectivity index (χ1n) is 11.4. The second-order valence-electron chi connectivity index (χ2n) is 8.00. The topological polar surface area (TPSA) is 58.6 Å². The molecule has 0 radical (unpaired) electrons. The smallest absolute Gasteiger partial charge is 0.123 e. The van der Waals surface area contributed by atoms with Crippen molar-refractivity contribution in [3.05, 3.63) is 53.8 Å². The molecule has 0 unspecified atom stereocenters. The zero-order chi connectivity index (χ0) is 22.7. The molecule has 1 saturated heterocycles. The highest BCUT2D eigenvalue weighted by Gasteiger charge is 2.15. The molecule has 5 nitrogen and oxygen atoms in total. The summed E-state index contributed by atoms with van der Waals surface area (Å²) in [4.78, 5) is 22.4. The molecule has 0 spiro atoms. The molecule has 3 rings (SSSR count). The standard InChI is InChI=1S/C9H17NO.C9H12O2.C8H11N/c1-10-6-4-9(5-7-10)3-2-8-11;10-7-4-8-11-9-5-2-1-3-6-9;1-7-4-3-5-8(6-7)9-2/h8-9H,2-7H2,1H3;2,5-7H,1,3-4,8H2;3-6,9H,1-2H3. The average Bonchev–Trinajstić information content (AvgIpc) is 2.80. The Kier molecular flexibility index (Phi) is 14.9. The Balaban J connectivity index is 0.000000234. The molecule has 0 saturated carbocycles. The summed E-state index contributed by atoms with van der Waals surface area (Å²) in [6.07, 6.45) is 15.0. The summed E-state index contributed by atoms with van der Waals surface area (Å²) in [5, 5.41) is 3.07. The van der Waals surface area contributed by atoms with E-state index in [0.717, 1.165) is 49.9 Å². The summed E-state index contributed by atoms with van der Waals surface area (Å²) in [6.45, 7) is 5.01. The molecule has 31 heavy (non-hydrogen) atoms. The summed E-state index contributed by atoms with van der Waals surface area (Å²) >= 11 is 0. The summed E-state index contributed by atoms with van der Waals surface area (Å²) in [7, 11) is 4.09. The number of rotatable bonds is 8. The fraction of sp³-hybridized carbons (Fsp3) is 0.538. The molecule has 0 aromatic heterocycles. The Morgan fingerprint density at radius 1 is 1.13 bits per heavy atom. The van der Waals surface area contributed by atoms with E-state index in [-0.39, 0.29) is 0 Å². The van der Waals surface area contributed by atoms with E-state index in [1.54, 1.807) is 0 Å². The largest absolute Gasteiger partial charge is 0.493 e.